The fourth-order valence-electron chi connectivity index (χ4n) is 3.04. The fourth-order valence-corrected chi connectivity index (χ4v) is 4.24. The van der Waals surface area contributed by atoms with E-state index in [9.17, 15) is 14.4 Å². The number of fused-ring (bicyclic) bond motifs is 1. The number of hydrogen-bond acceptors (Lipinski definition) is 9. The molecule has 0 unspecified atom stereocenters. The van der Waals surface area contributed by atoms with E-state index in [0.717, 1.165) is 0 Å². The van der Waals surface area contributed by atoms with Crippen LogP contribution in [-0.2, 0) is 33.3 Å². The summed E-state index contributed by atoms with van der Waals surface area (Å²) in [6, 6.07) is 1.74. The van der Waals surface area contributed by atoms with Crippen molar-refractivity contribution in [1.29, 1.82) is 0 Å². The summed E-state index contributed by atoms with van der Waals surface area (Å²) >= 11 is 6.75. The van der Waals surface area contributed by atoms with E-state index in [1.54, 1.807) is 10.6 Å². The third kappa shape index (κ3) is 4.75. The van der Waals surface area contributed by atoms with E-state index in [0.29, 0.717) is 20.2 Å². The van der Waals surface area contributed by atoms with Gasteiger partial charge >= 0.3 is 17.9 Å². The predicted molar refractivity (Wildman–Crippen MR) is 105 cm³/mol. The third-order valence-electron chi connectivity index (χ3n) is 4.07. The van der Waals surface area contributed by atoms with Gasteiger partial charge in [0.05, 0.1) is 6.33 Å². The second-order valence-corrected chi connectivity index (χ2v) is 7.93. The number of esters is 3. The van der Waals surface area contributed by atoms with Crippen molar-refractivity contribution >= 4 is 60.9 Å². The lowest BCUT2D eigenvalue weighted by molar-refractivity contribution is -0.166. The van der Waals surface area contributed by atoms with Gasteiger partial charge in [-0.2, -0.15) is 0 Å². The van der Waals surface area contributed by atoms with Crippen LogP contribution in [0.4, 0.5) is 0 Å². The Hall–Kier alpha value is -2.05. The van der Waals surface area contributed by atoms with Gasteiger partial charge < -0.3 is 18.9 Å². The van der Waals surface area contributed by atoms with Crippen LogP contribution in [0.5, 0.6) is 0 Å². The van der Waals surface area contributed by atoms with E-state index in [4.69, 9.17) is 18.9 Å². The molecule has 1 aliphatic rings. The summed E-state index contributed by atoms with van der Waals surface area (Å²) in [5, 5.41) is 0. The smallest absolute Gasteiger partial charge is 0.303 e. The molecule has 1 aliphatic heterocycles. The van der Waals surface area contributed by atoms with Gasteiger partial charge in [0.25, 0.3) is 0 Å². The van der Waals surface area contributed by atoms with Gasteiger partial charge in [0, 0.05) is 25.2 Å². The molecular formula is C17H17Br2N3O7. The molecule has 0 radical (unpaired) electrons. The van der Waals surface area contributed by atoms with E-state index in [2.05, 4.69) is 41.8 Å². The molecule has 3 rings (SSSR count). The molecule has 29 heavy (non-hydrogen) atoms. The zero-order valence-electron chi connectivity index (χ0n) is 15.6. The highest BCUT2D eigenvalue weighted by Crippen LogP contribution is 2.37. The second-order valence-electron chi connectivity index (χ2n) is 6.27. The Morgan fingerprint density at radius 1 is 1.10 bits per heavy atom. The van der Waals surface area contributed by atoms with Gasteiger partial charge in [0.2, 0.25) is 0 Å². The largest absolute Gasteiger partial charge is 0.463 e. The summed E-state index contributed by atoms with van der Waals surface area (Å²) in [6.45, 7) is 3.52. The number of pyridine rings is 1. The molecule has 12 heteroatoms. The molecule has 0 bridgehead atoms. The topological polar surface area (TPSA) is 119 Å². The number of rotatable bonds is 5. The monoisotopic (exact) mass is 533 g/mol. The SMILES string of the molecule is CC(=O)OC[C@H]1O[C@@H](n2cnc3c(Br)cc(Br)nc32)[C@H](OC(C)=O)[C@@H]1OC(C)=O. The van der Waals surface area contributed by atoms with Gasteiger partial charge in [0.15, 0.2) is 24.1 Å². The Bertz CT molecular complexity index is 964. The molecule has 1 saturated heterocycles. The number of carbonyl (C=O) groups is 3. The number of aromatic nitrogens is 3. The molecule has 2 aromatic rings. The molecule has 0 saturated carbocycles. The Labute approximate surface area is 182 Å². The van der Waals surface area contributed by atoms with Crippen molar-refractivity contribution in [3.05, 3.63) is 21.5 Å². The van der Waals surface area contributed by atoms with Crippen LogP contribution in [0.3, 0.4) is 0 Å². The first kappa shape index (κ1) is 21.7. The summed E-state index contributed by atoms with van der Waals surface area (Å²) in [5.41, 5.74) is 1.01. The second kappa shape index (κ2) is 8.76. The van der Waals surface area contributed by atoms with Gasteiger partial charge in [0.1, 0.15) is 22.8 Å². The lowest BCUT2D eigenvalue weighted by atomic mass is 10.1. The van der Waals surface area contributed by atoms with Gasteiger partial charge in [-0.05, 0) is 37.9 Å². The quantitative estimate of drug-likeness (QED) is 0.323. The van der Waals surface area contributed by atoms with Crippen LogP contribution in [0.25, 0.3) is 11.2 Å². The van der Waals surface area contributed by atoms with Crippen LogP contribution in [-0.4, -0.2) is 57.4 Å². The Morgan fingerprint density at radius 3 is 2.38 bits per heavy atom. The van der Waals surface area contributed by atoms with Crippen molar-refractivity contribution in [1.82, 2.24) is 14.5 Å². The first-order valence-corrected chi connectivity index (χ1v) is 10.1. The molecule has 10 nitrogen and oxygen atoms in total. The van der Waals surface area contributed by atoms with E-state index >= 15 is 0 Å². The van der Waals surface area contributed by atoms with Crippen molar-refractivity contribution in [3.63, 3.8) is 0 Å². The number of ether oxygens (including phenoxy) is 4. The standard InChI is InChI=1S/C17H17Br2N3O7/c1-7(23)26-5-11-14(27-8(2)24)15(28-9(3)25)17(29-11)22-6-20-13-10(18)4-12(19)21-16(13)22/h4,6,11,14-15,17H,5H2,1-3H3/t11-,14-,15-,17-/m1/s1. The first-order chi connectivity index (χ1) is 13.7. The number of carbonyl (C=O) groups excluding carboxylic acids is 3. The maximum Gasteiger partial charge on any atom is 0.303 e. The number of nitrogens with zero attached hydrogens (tertiary/aromatic N) is 3. The van der Waals surface area contributed by atoms with Crippen LogP contribution in [0, 0.1) is 0 Å². The lowest BCUT2D eigenvalue weighted by Crippen LogP contribution is -2.40. The minimum Gasteiger partial charge on any atom is -0.463 e. The average Bonchev–Trinajstić information content (AvgIpc) is 3.15. The molecule has 0 amide bonds. The minimum absolute atomic E-state index is 0.186. The number of hydrogen-bond donors (Lipinski definition) is 0. The van der Waals surface area contributed by atoms with Crippen LogP contribution in [0.2, 0.25) is 0 Å². The Morgan fingerprint density at radius 2 is 1.76 bits per heavy atom. The normalized spacial score (nSPS) is 23.8. The van der Waals surface area contributed by atoms with Gasteiger partial charge in [-0.15, -0.1) is 0 Å². The molecule has 3 heterocycles. The van der Waals surface area contributed by atoms with Crippen molar-refractivity contribution in [3.8, 4) is 0 Å². The van der Waals surface area contributed by atoms with Crippen molar-refractivity contribution in [2.45, 2.75) is 45.3 Å². The highest BCUT2D eigenvalue weighted by molar-refractivity contribution is 9.11. The summed E-state index contributed by atoms with van der Waals surface area (Å²) in [6.07, 6.45) is -2.29. The predicted octanol–water partition coefficient (Wildman–Crippen LogP) is 2.28. The molecule has 0 spiro atoms. The van der Waals surface area contributed by atoms with Crippen molar-refractivity contribution in [2.24, 2.45) is 0 Å². The van der Waals surface area contributed by atoms with E-state index in [1.807, 2.05) is 0 Å². The lowest BCUT2D eigenvalue weighted by Gasteiger charge is -2.23. The Balaban J connectivity index is 2.04. The molecule has 1 fully saturated rings. The Kier molecular flexibility index (Phi) is 6.54. The van der Waals surface area contributed by atoms with Crippen LogP contribution in [0.1, 0.15) is 27.0 Å². The number of halogens is 2. The molecule has 156 valence electrons. The molecule has 0 N–H and O–H groups in total. The third-order valence-corrected chi connectivity index (χ3v) is 5.08. The van der Waals surface area contributed by atoms with Crippen LogP contribution >= 0.6 is 31.9 Å². The van der Waals surface area contributed by atoms with Crippen molar-refractivity contribution < 1.29 is 33.3 Å². The zero-order valence-corrected chi connectivity index (χ0v) is 18.8. The van der Waals surface area contributed by atoms with Gasteiger partial charge in [-0.3, -0.25) is 19.0 Å². The fraction of sp³-hybridized carbons (Fsp3) is 0.471. The molecule has 0 aromatic carbocycles. The summed E-state index contributed by atoms with van der Waals surface area (Å²) < 4.78 is 24.6. The van der Waals surface area contributed by atoms with Crippen molar-refractivity contribution in [2.75, 3.05) is 6.61 Å². The maximum atomic E-state index is 11.7. The van der Waals surface area contributed by atoms with Crippen LogP contribution < -0.4 is 0 Å². The van der Waals surface area contributed by atoms with Gasteiger partial charge in [-0.25, -0.2) is 9.97 Å². The highest BCUT2D eigenvalue weighted by atomic mass is 79.9. The van der Waals surface area contributed by atoms with E-state index in [1.165, 1.54) is 27.1 Å². The molecule has 2 aromatic heterocycles. The zero-order chi connectivity index (χ0) is 21.3. The van der Waals surface area contributed by atoms with E-state index in [-0.39, 0.29) is 6.61 Å². The molecule has 4 atom stereocenters. The van der Waals surface area contributed by atoms with Gasteiger partial charge in [-0.1, -0.05) is 0 Å². The summed E-state index contributed by atoms with van der Waals surface area (Å²) in [7, 11) is 0. The first-order valence-electron chi connectivity index (χ1n) is 8.49. The van der Waals surface area contributed by atoms with Crippen LogP contribution in [0.15, 0.2) is 21.5 Å². The molecular weight excluding hydrogens is 518 g/mol. The van der Waals surface area contributed by atoms with E-state index < -0.39 is 42.4 Å². The maximum absolute atomic E-state index is 11.7. The summed E-state index contributed by atoms with van der Waals surface area (Å²) in [5.74, 6) is -1.71. The minimum atomic E-state index is -1.01. The molecule has 0 aliphatic carbocycles. The highest BCUT2D eigenvalue weighted by Gasteiger charge is 2.51. The summed E-state index contributed by atoms with van der Waals surface area (Å²) in [4.78, 5) is 43.3. The number of imidazole rings is 1. The average molecular weight is 535 g/mol.